The summed E-state index contributed by atoms with van der Waals surface area (Å²) >= 11 is 0. The van der Waals surface area contributed by atoms with Gasteiger partial charge in [0.15, 0.2) is 12.4 Å². The smallest absolute Gasteiger partial charge is 0.306 e. The molecular weight excluding hydrogens is 777 g/mol. The fourth-order valence-electron chi connectivity index (χ4n) is 5.87. The summed E-state index contributed by atoms with van der Waals surface area (Å²) in [5, 5.41) is 30.8. The molecule has 0 spiro atoms. The van der Waals surface area contributed by atoms with Crippen LogP contribution < -0.4 is 0 Å². The number of allylic oxidation sites excluding steroid dienone is 14. The van der Waals surface area contributed by atoms with Crippen molar-refractivity contribution in [2.45, 2.75) is 173 Å². The predicted octanol–water partition coefficient (Wildman–Crippen LogP) is 8.50. The summed E-state index contributed by atoms with van der Waals surface area (Å²) in [5.41, 5.74) is 0. The highest BCUT2D eigenvalue weighted by atomic mass is 32.2. The zero-order chi connectivity index (χ0) is 43.4. The molecule has 12 nitrogen and oxygen atoms in total. The Kier molecular flexibility index (Phi) is 32.5. The number of aliphatic hydroxyl groups is 3. The second-order valence-electron chi connectivity index (χ2n) is 14.6. The van der Waals surface area contributed by atoms with Crippen LogP contribution in [-0.4, -0.2) is 96.0 Å². The maximum Gasteiger partial charge on any atom is 0.306 e. The maximum absolute atomic E-state index is 12.8. The molecule has 0 aromatic carbocycles. The molecule has 336 valence electrons. The summed E-state index contributed by atoms with van der Waals surface area (Å²) in [6, 6.07) is 0. The average molecular weight is 851 g/mol. The largest absolute Gasteiger partial charge is 0.462 e. The van der Waals surface area contributed by atoms with Gasteiger partial charge in [-0.15, -0.1) is 0 Å². The normalized spacial score (nSPS) is 21.1. The first kappa shape index (κ1) is 53.8. The van der Waals surface area contributed by atoms with Crippen LogP contribution in [0.1, 0.15) is 136 Å². The Morgan fingerprint density at radius 3 is 1.66 bits per heavy atom. The number of carbonyl (C=O) groups excluding carboxylic acids is 2. The third kappa shape index (κ3) is 30.5. The van der Waals surface area contributed by atoms with Gasteiger partial charge in [-0.2, -0.15) is 8.42 Å². The summed E-state index contributed by atoms with van der Waals surface area (Å²) < 4.78 is 53.9. The lowest BCUT2D eigenvalue weighted by Gasteiger charge is -2.40. The van der Waals surface area contributed by atoms with Crippen molar-refractivity contribution in [3.63, 3.8) is 0 Å². The van der Waals surface area contributed by atoms with E-state index in [-0.39, 0.29) is 19.4 Å². The van der Waals surface area contributed by atoms with Gasteiger partial charge in [-0.3, -0.25) is 14.1 Å². The van der Waals surface area contributed by atoms with Crippen molar-refractivity contribution in [3.05, 3.63) is 85.1 Å². The molecule has 1 saturated heterocycles. The van der Waals surface area contributed by atoms with E-state index in [1.165, 1.54) is 19.3 Å². The van der Waals surface area contributed by atoms with E-state index >= 15 is 0 Å². The third-order valence-corrected chi connectivity index (χ3v) is 9.97. The molecule has 59 heavy (non-hydrogen) atoms. The lowest BCUT2D eigenvalue weighted by Crippen LogP contribution is -2.60. The standard InChI is InChI=1S/C46H74O12S/c1-3-5-7-9-11-13-15-17-18-19-20-21-22-23-25-26-28-30-32-34-41(47)55-36-39(37-56-46-45(51)44(50)43(49)40(58-46)38-59(52,53)54)57-42(48)35-33-31-29-27-24-16-14-12-10-8-6-4-2/h5,7,11-14,17-18,20-21,23,25,28,30,39-40,43-46,49-51H,3-4,6,8-10,15-16,19,22,24,26-27,29,31-38H2,1-2H3,(H,52,53,54)/b7-5+,13-11+,14-12+,18-17+,21-20+,25-23+,30-28+/t39-,40-,43-,44?,45?,46+/m1/s1. The van der Waals surface area contributed by atoms with Gasteiger partial charge < -0.3 is 34.3 Å². The van der Waals surface area contributed by atoms with Crippen molar-refractivity contribution in [1.29, 1.82) is 0 Å². The Labute approximate surface area is 354 Å². The molecule has 2 unspecified atom stereocenters. The molecule has 1 aliphatic heterocycles. The van der Waals surface area contributed by atoms with Gasteiger partial charge in [0.1, 0.15) is 36.8 Å². The lowest BCUT2D eigenvalue weighted by atomic mass is 10.00. The van der Waals surface area contributed by atoms with Crippen molar-refractivity contribution in [2.24, 2.45) is 0 Å². The van der Waals surface area contributed by atoms with Crippen LogP contribution in [-0.2, 0) is 38.7 Å². The summed E-state index contributed by atoms with van der Waals surface area (Å²) in [7, 11) is -4.61. The van der Waals surface area contributed by atoms with Gasteiger partial charge in [-0.25, -0.2) is 0 Å². The van der Waals surface area contributed by atoms with Crippen molar-refractivity contribution < 1.29 is 56.8 Å². The molecule has 4 N–H and O–H groups in total. The number of ether oxygens (including phenoxy) is 4. The first-order valence-electron chi connectivity index (χ1n) is 21.6. The molecule has 13 heteroatoms. The number of rotatable bonds is 34. The van der Waals surface area contributed by atoms with Crippen LogP contribution in [0.5, 0.6) is 0 Å². The summed E-state index contributed by atoms with van der Waals surface area (Å²) in [5.74, 6) is -2.12. The Balaban J connectivity index is 2.52. The summed E-state index contributed by atoms with van der Waals surface area (Å²) in [6.45, 7) is 3.52. The SMILES string of the molecule is CC/C=C/C/C=C/C/C=C/C/C=C/C/C=C/C/C=C/CCC(=O)OC[C@H](CO[C@H]1O[C@H](CS(=O)(=O)O)[C@@H](O)C(O)C1O)OC(=O)CCCCCCC/C=C/CCCCC. The number of hydrogen-bond acceptors (Lipinski definition) is 11. The molecule has 0 aromatic rings. The fourth-order valence-corrected chi connectivity index (χ4v) is 6.56. The molecule has 1 fully saturated rings. The molecule has 0 amide bonds. The molecule has 6 atom stereocenters. The van der Waals surface area contributed by atoms with E-state index in [0.29, 0.717) is 12.8 Å². The van der Waals surface area contributed by atoms with Crippen molar-refractivity contribution in [1.82, 2.24) is 0 Å². The quantitative estimate of drug-likeness (QED) is 0.0210. The van der Waals surface area contributed by atoms with E-state index in [2.05, 4.69) is 86.8 Å². The van der Waals surface area contributed by atoms with Crippen LogP contribution in [0.4, 0.5) is 0 Å². The van der Waals surface area contributed by atoms with Gasteiger partial charge in [-0.05, 0) is 77.0 Å². The van der Waals surface area contributed by atoms with Crippen LogP contribution in [0.25, 0.3) is 0 Å². The van der Waals surface area contributed by atoms with E-state index in [9.17, 15) is 37.9 Å². The van der Waals surface area contributed by atoms with Crippen LogP contribution >= 0.6 is 0 Å². The molecule has 1 aliphatic rings. The highest BCUT2D eigenvalue weighted by molar-refractivity contribution is 7.85. The zero-order valence-electron chi connectivity index (χ0n) is 35.6. The van der Waals surface area contributed by atoms with E-state index in [1.807, 2.05) is 12.2 Å². The van der Waals surface area contributed by atoms with Gasteiger partial charge in [0.25, 0.3) is 10.1 Å². The minimum atomic E-state index is -4.61. The van der Waals surface area contributed by atoms with Gasteiger partial charge in [0.05, 0.1) is 6.61 Å². The van der Waals surface area contributed by atoms with E-state index < -0.39 is 71.2 Å². The summed E-state index contributed by atoms with van der Waals surface area (Å²) in [4.78, 5) is 25.3. The minimum Gasteiger partial charge on any atom is -0.462 e. The second-order valence-corrected chi connectivity index (χ2v) is 16.1. The molecule has 0 saturated carbocycles. The fraction of sp³-hybridized carbons (Fsp3) is 0.652. The number of unbranched alkanes of at least 4 members (excludes halogenated alkanes) is 8. The Morgan fingerprint density at radius 2 is 1.10 bits per heavy atom. The number of aliphatic hydroxyl groups excluding tert-OH is 3. The van der Waals surface area contributed by atoms with Gasteiger partial charge in [0.2, 0.25) is 0 Å². The van der Waals surface area contributed by atoms with Crippen LogP contribution in [0, 0.1) is 0 Å². The molecule has 1 rings (SSSR count). The van der Waals surface area contributed by atoms with Crippen LogP contribution in [0.3, 0.4) is 0 Å². The maximum atomic E-state index is 12.8. The van der Waals surface area contributed by atoms with E-state index in [0.717, 1.165) is 77.0 Å². The van der Waals surface area contributed by atoms with Crippen molar-refractivity contribution in [3.8, 4) is 0 Å². The predicted molar refractivity (Wildman–Crippen MR) is 233 cm³/mol. The van der Waals surface area contributed by atoms with Crippen molar-refractivity contribution >= 4 is 22.1 Å². The van der Waals surface area contributed by atoms with Gasteiger partial charge in [0, 0.05) is 12.8 Å². The van der Waals surface area contributed by atoms with Gasteiger partial charge >= 0.3 is 11.9 Å². The van der Waals surface area contributed by atoms with Gasteiger partial charge in [-0.1, -0.05) is 131 Å². The zero-order valence-corrected chi connectivity index (χ0v) is 36.4. The number of esters is 2. The van der Waals surface area contributed by atoms with Crippen LogP contribution in [0.2, 0.25) is 0 Å². The molecule has 0 aliphatic carbocycles. The average Bonchev–Trinajstić information content (AvgIpc) is 3.20. The Bertz CT molecular complexity index is 1410. The molecule has 0 radical (unpaired) electrons. The van der Waals surface area contributed by atoms with Crippen molar-refractivity contribution in [2.75, 3.05) is 19.0 Å². The second kappa shape index (κ2) is 35.6. The topological polar surface area (TPSA) is 186 Å². The van der Waals surface area contributed by atoms with E-state index in [4.69, 9.17) is 18.9 Å². The monoisotopic (exact) mass is 850 g/mol. The molecule has 1 heterocycles. The number of carbonyl (C=O) groups is 2. The highest BCUT2D eigenvalue weighted by Crippen LogP contribution is 2.24. The van der Waals surface area contributed by atoms with E-state index in [1.54, 1.807) is 0 Å². The molecule has 0 aromatic heterocycles. The Hall–Kier alpha value is -3.17. The lowest BCUT2D eigenvalue weighted by molar-refractivity contribution is -0.297. The highest BCUT2D eigenvalue weighted by Gasteiger charge is 2.46. The number of hydrogen-bond donors (Lipinski definition) is 4. The first-order valence-corrected chi connectivity index (χ1v) is 23.3. The Morgan fingerprint density at radius 1 is 0.593 bits per heavy atom. The first-order chi connectivity index (χ1) is 28.5. The third-order valence-electron chi connectivity index (χ3n) is 9.22. The molecular formula is C46H74O12S. The molecule has 0 bridgehead atoms. The minimum absolute atomic E-state index is 0.0875. The summed E-state index contributed by atoms with van der Waals surface area (Å²) in [6.07, 6.45) is 36.5. The van der Waals surface area contributed by atoms with Crippen LogP contribution in [0.15, 0.2) is 85.1 Å².